The fourth-order valence-corrected chi connectivity index (χ4v) is 2.76. The predicted octanol–water partition coefficient (Wildman–Crippen LogP) is 3.91. The Kier molecular flexibility index (Phi) is 3.75. The number of hydrogen-bond donors (Lipinski definition) is 0. The number of benzene rings is 2. The Morgan fingerprint density at radius 3 is 2.33 bits per heavy atom. The SMILES string of the molecule is O=C1O[C@@H](C(=O)c2ccccc2)[C@H](c2ccccc2Br)O1. The van der Waals surface area contributed by atoms with Crippen LogP contribution in [0.4, 0.5) is 4.79 Å². The molecule has 1 saturated heterocycles. The van der Waals surface area contributed by atoms with Gasteiger partial charge in [0, 0.05) is 15.6 Å². The summed E-state index contributed by atoms with van der Waals surface area (Å²) in [6.45, 7) is 0. The van der Waals surface area contributed by atoms with Crippen LogP contribution in [0.5, 0.6) is 0 Å². The number of ketones is 1. The fourth-order valence-electron chi connectivity index (χ4n) is 2.25. The molecule has 0 aromatic heterocycles. The molecule has 106 valence electrons. The topological polar surface area (TPSA) is 52.6 Å². The molecule has 1 fully saturated rings. The van der Waals surface area contributed by atoms with Crippen LogP contribution in [0.3, 0.4) is 0 Å². The molecule has 0 amide bonds. The van der Waals surface area contributed by atoms with Crippen LogP contribution < -0.4 is 0 Å². The maximum Gasteiger partial charge on any atom is 0.509 e. The zero-order chi connectivity index (χ0) is 14.8. The second-order valence-electron chi connectivity index (χ2n) is 4.58. The van der Waals surface area contributed by atoms with E-state index < -0.39 is 18.4 Å². The molecule has 0 spiro atoms. The van der Waals surface area contributed by atoms with E-state index in [0.29, 0.717) is 11.1 Å². The minimum atomic E-state index is -0.974. The summed E-state index contributed by atoms with van der Waals surface area (Å²) in [5.74, 6) is -0.276. The predicted molar refractivity (Wildman–Crippen MR) is 79.0 cm³/mol. The molecule has 0 bridgehead atoms. The lowest BCUT2D eigenvalue weighted by Crippen LogP contribution is -2.26. The van der Waals surface area contributed by atoms with Gasteiger partial charge in [0.15, 0.2) is 6.10 Å². The van der Waals surface area contributed by atoms with Crippen LogP contribution in [0.15, 0.2) is 59.1 Å². The third-order valence-corrected chi connectivity index (χ3v) is 3.97. The smallest absolute Gasteiger partial charge is 0.422 e. The third-order valence-electron chi connectivity index (χ3n) is 3.25. The van der Waals surface area contributed by atoms with Gasteiger partial charge in [-0.2, -0.15) is 0 Å². The number of hydrogen-bond acceptors (Lipinski definition) is 4. The maximum absolute atomic E-state index is 12.5. The van der Waals surface area contributed by atoms with Crippen LogP contribution in [0.2, 0.25) is 0 Å². The van der Waals surface area contributed by atoms with Crippen LogP contribution >= 0.6 is 15.9 Å². The number of ether oxygens (including phenoxy) is 2. The van der Waals surface area contributed by atoms with E-state index in [1.807, 2.05) is 24.3 Å². The highest BCUT2D eigenvalue weighted by atomic mass is 79.9. The van der Waals surface area contributed by atoms with Gasteiger partial charge in [-0.1, -0.05) is 64.5 Å². The van der Waals surface area contributed by atoms with Crippen molar-refractivity contribution in [1.82, 2.24) is 0 Å². The molecule has 0 unspecified atom stereocenters. The Morgan fingerprint density at radius 1 is 0.952 bits per heavy atom. The van der Waals surface area contributed by atoms with E-state index in [1.54, 1.807) is 30.3 Å². The van der Waals surface area contributed by atoms with Gasteiger partial charge < -0.3 is 9.47 Å². The number of rotatable bonds is 3. The van der Waals surface area contributed by atoms with E-state index >= 15 is 0 Å². The normalized spacial score (nSPS) is 20.7. The average Bonchev–Trinajstić information content (AvgIpc) is 2.89. The quantitative estimate of drug-likeness (QED) is 0.624. The van der Waals surface area contributed by atoms with Crippen molar-refractivity contribution in [2.45, 2.75) is 12.2 Å². The molecule has 1 heterocycles. The Labute approximate surface area is 129 Å². The van der Waals surface area contributed by atoms with Gasteiger partial charge in [0.25, 0.3) is 0 Å². The lowest BCUT2D eigenvalue weighted by molar-refractivity contribution is 0.0715. The molecule has 21 heavy (non-hydrogen) atoms. The molecular weight excluding hydrogens is 336 g/mol. The van der Waals surface area contributed by atoms with E-state index in [2.05, 4.69) is 15.9 Å². The van der Waals surface area contributed by atoms with E-state index in [1.165, 1.54) is 0 Å². The molecule has 0 aliphatic carbocycles. The van der Waals surface area contributed by atoms with Gasteiger partial charge in [0.1, 0.15) is 0 Å². The summed E-state index contributed by atoms with van der Waals surface area (Å²) in [5, 5.41) is 0. The molecule has 0 saturated carbocycles. The highest BCUT2D eigenvalue weighted by Crippen LogP contribution is 2.35. The van der Waals surface area contributed by atoms with Crippen LogP contribution in [0, 0.1) is 0 Å². The molecule has 1 aliphatic heterocycles. The Hall–Kier alpha value is -2.14. The zero-order valence-electron chi connectivity index (χ0n) is 10.9. The molecule has 2 aromatic rings. The number of cyclic esters (lactones) is 2. The summed E-state index contributed by atoms with van der Waals surface area (Å²) in [7, 11) is 0. The van der Waals surface area contributed by atoms with Crippen LogP contribution in [0.25, 0.3) is 0 Å². The third kappa shape index (κ3) is 2.69. The van der Waals surface area contributed by atoms with Gasteiger partial charge in [-0.05, 0) is 6.07 Å². The highest BCUT2D eigenvalue weighted by molar-refractivity contribution is 9.10. The van der Waals surface area contributed by atoms with Gasteiger partial charge in [-0.15, -0.1) is 0 Å². The molecule has 3 rings (SSSR count). The second kappa shape index (κ2) is 5.69. The number of halogens is 1. The number of Topliss-reactive ketones (excluding diaryl/α,β-unsaturated/α-hetero) is 1. The van der Waals surface area contributed by atoms with Crippen LogP contribution in [0.1, 0.15) is 22.0 Å². The van der Waals surface area contributed by atoms with Crippen molar-refractivity contribution in [1.29, 1.82) is 0 Å². The van der Waals surface area contributed by atoms with Crippen molar-refractivity contribution >= 4 is 27.9 Å². The largest absolute Gasteiger partial charge is 0.509 e. The summed E-state index contributed by atoms with van der Waals surface area (Å²) >= 11 is 3.40. The van der Waals surface area contributed by atoms with Crippen LogP contribution in [-0.2, 0) is 9.47 Å². The Bertz CT molecular complexity index is 684. The van der Waals surface area contributed by atoms with Crippen molar-refractivity contribution < 1.29 is 19.1 Å². The zero-order valence-corrected chi connectivity index (χ0v) is 12.4. The van der Waals surface area contributed by atoms with E-state index in [4.69, 9.17) is 9.47 Å². The molecule has 0 N–H and O–H groups in total. The summed E-state index contributed by atoms with van der Waals surface area (Å²) in [5.41, 5.74) is 1.19. The first-order valence-corrected chi connectivity index (χ1v) is 7.17. The lowest BCUT2D eigenvalue weighted by atomic mass is 9.97. The standard InChI is InChI=1S/C16H11BrO4/c17-12-9-5-4-8-11(12)14-15(21-16(19)20-14)13(18)10-6-2-1-3-7-10/h1-9,14-15H/t14-,15-/m0/s1. The minimum Gasteiger partial charge on any atom is -0.422 e. The van der Waals surface area contributed by atoms with Crippen LogP contribution in [-0.4, -0.2) is 18.0 Å². The van der Waals surface area contributed by atoms with Gasteiger partial charge in [0.2, 0.25) is 11.9 Å². The van der Waals surface area contributed by atoms with Crippen molar-refractivity contribution in [3.05, 3.63) is 70.2 Å². The Morgan fingerprint density at radius 2 is 1.62 bits per heavy atom. The van der Waals surface area contributed by atoms with Crippen molar-refractivity contribution in [2.24, 2.45) is 0 Å². The van der Waals surface area contributed by atoms with Gasteiger partial charge >= 0.3 is 6.16 Å². The minimum absolute atomic E-state index is 0.276. The monoisotopic (exact) mass is 346 g/mol. The molecule has 0 radical (unpaired) electrons. The highest BCUT2D eigenvalue weighted by Gasteiger charge is 2.43. The summed E-state index contributed by atoms with van der Waals surface area (Å²) < 4.78 is 11.0. The average molecular weight is 347 g/mol. The summed E-state index contributed by atoms with van der Waals surface area (Å²) in [4.78, 5) is 24.0. The van der Waals surface area contributed by atoms with E-state index in [-0.39, 0.29) is 5.78 Å². The van der Waals surface area contributed by atoms with E-state index in [0.717, 1.165) is 4.47 Å². The molecule has 5 heteroatoms. The Balaban J connectivity index is 1.95. The molecule has 2 aromatic carbocycles. The van der Waals surface area contributed by atoms with Gasteiger partial charge in [0.05, 0.1) is 0 Å². The second-order valence-corrected chi connectivity index (χ2v) is 5.43. The van der Waals surface area contributed by atoms with Crippen molar-refractivity contribution in [2.75, 3.05) is 0 Å². The number of carbonyl (C=O) groups is 2. The molecule has 2 atom stereocenters. The van der Waals surface area contributed by atoms with E-state index in [9.17, 15) is 9.59 Å². The molecule has 4 nitrogen and oxygen atoms in total. The van der Waals surface area contributed by atoms with Gasteiger partial charge in [-0.3, -0.25) is 4.79 Å². The first-order valence-electron chi connectivity index (χ1n) is 6.38. The molecular formula is C16H11BrO4. The summed E-state index contributed by atoms with van der Waals surface area (Å²) in [6, 6.07) is 16.0. The first kappa shape index (κ1) is 13.8. The maximum atomic E-state index is 12.5. The fraction of sp³-hybridized carbons (Fsp3) is 0.125. The van der Waals surface area contributed by atoms with Crippen molar-refractivity contribution in [3.8, 4) is 0 Å². The lowest BCUT2D eigenvalue weighted by Gasteiger charge is -2.16. The summed E-state index contributed by atoms with van der Waals surface area (Å²) in [6.07, 6.45) is -2.55. The van der Waals surface area contributed by atoms with Crippen molar-refractivity contribution in [3.63, 3.8) is 0 Å². The van der Waals surface area contributed by atoms with Gasteiger partial charge in [-0.25, -0.2) is 4.79 Å². The molecule has 1 aliphatic rings. The first-order chi connectivity index (χ1) is 10.2. The number of carbonyl (C=O) groups excluding carboxylic acids is 2.